The molecule has 229 valence electrons. The third-order valence-electron chi connectivity index (χ3n) is 13.8. The minimum absolute atomic E-state index is 0. The normalized spacial score (nSPS) is 45.5. The Morgan fingerprint density at radius 1 is 0.881 bits per heavy atom. The van der Waals surface area contributed by atoms with Crippen molar-refractivity contribution >= 4 is 53.2 Å². The zero-order valence-corrected chi connectivity index (χ0v) is 29.1. The van der Waals surface area contributed by atoms with E-state index in [0.29, 0.717) is 19.3 Å². The molecule has 4 fully saturated rings. The smallest absolute Gasteiger partial charge is 0.309 e. The van der Waals surface area contributed by atoms with E-state index in [9.17, 15) is 24.3 Å². The number of rotatable bonds is 5. The Labute approximate surface area is 273 Å². The molecule has 5 aliphatic rings. The predicted molar refractivity (Wildman–Crippen MR) is 160 cm³/mol. The van der Waals surface area contributed by atoms with Gasteiger partial charge in [-0.25, -0.2) is 0 Å². The van der Waals surface area contributed by atoms with Gasteiger partial charge < -0.3 is 14.9 Å². The standard InChI is InChI=1S/C34H50O7.Na/c1-29(2)23-10-13-34(7)27(32(23,5)12-11-24(29)41-26(38)9-8-25(36)37)22(35)18-20-21-19-31(4,28(39)40)15-14-30(21,3)16-17-33(20,34)6;/h18,21,23-24,27H,8-17,19H2,1-7H3,(H,36,37)(H,39,40);/t21-,23-,24-,27+,30+,31-,32-,33-,34+;/m0./s1. The molecule has 0 aliphatic heterocycles. The van der Waals surface area contributed by atoms with Crippen molar-refractivity contribution in [1.82, 2.24) is 0 Å². The molecule has 4 saturated carbocycles. The van der Waals surface area contributed by atoms with Gasteiger partial charge in [-0.2, -0.15) is 0 Å². The van der Waals surface area contributed by atoms with Gasteiger partial charge in [0.25, 0.3) is 0 Å². The monoisotopic (exact) mass is 593 g/mol. The number of carbonyl (C=O) groups excluding carboxylic acids is 2. The van der Waals surface area contributed by atoms with Gasteiger partial charge in [0.05, 0.1) is 18.3 Å². The Hall–Kier alpha value is -1.18. The quantitative estimate of drug-likeness (QED) is 0.278. The van der Waals surface area contributed by atoms with E-state index in [0.717, 1.165) is 38.5 Å². The van der Waals surface area contributed by atoms with Gasteiger partial charge in [0, 0.05) is 40.9 Å². The SMILES string of the molecule is CC1(C)[C@@H](OC(=O)CCC(=O)O)CC[C@]2(C)[C@H]3C(=O)C=C4[C@@H]5C[C@@](C)(C(=O)O)CC[C@]5(C)CC[C@]4(C)[C@]3(C)CC[C@@H]12.[Na]. The molecule has 5 aliphatic carbocycles. The number of ether oxygens (including phenoxy) is 1. The molecule has 0 aromatic heterocycles. The Bertz CT molecular complexity index is 1210. The van der Waals surface area contributed by atoms with E-state index in [1.807, 2.05) is 13.0 Å². The Kier molecular flexibility index (Phi) is 8.60. The van der Waals surface area contributed by atoms with E-state index >= 15 is 0 Å². The summed E-state index contributed by atoms with van der Waals surface area (Å²) in [6.45, 7) is 15.5. The maximum atomic E-state index is 14.5. The van der Waals surface area contributed by atoms with Crippen LogP contribution < -0.4 is 0 Å². The van der Waals surface area contributed by atoms with Gasteiger partial charge in [0.2, 0.25) is 0 Å². The third-order valence-corrected chi connectivity index (χ3v) is 13.8. The van der Waals surface area contributed by atoms with Crippen molar-refractivity contribution in [1.29, 1.82) is 0 Å². The number of carboxylic acids is 2. The van der Waals surface area contributed by atoms with Gasteiger partial charge in [-0.05, 0) is 104 Å². The van der Waals surface area contributed by atoms with Crippen LogP contribution in [0.25, 0.3) is 0 Å². The van der Waals surface area contributed by atoms with Crippen LogP contribution in [0.1, 0.15) is 119 Å². The fraction of sp³-hybridized carbons (Fsp3) is 0.824. The molecule has 9 atom stereocenters. The van der Waals surface area contributed by atoms with E-state index in [2.05, 4.69) is 41.5 Å². The van der Waals surface area contributed by atoms with E-state index < -0.39 is 23.3 Å². The molecule has 7 nitrogen and oxygen atoms in total. The topological polar surface area (TPSA) is 118 Å². The number of aliphatic carboxylic acids is 2. The summed E-state index contributed by atoms with van der Waals surface area (Å²) in [5, 5.41) is 19.1. The third kappa shape index (κ3) is 4.78. The van der Waals surface area contributed by atoms with Crippen LogP contribution in [0.3, 0.4) is 0 Å². The molecule has 0 amide bonds. The predicted octanol–water partition coefficient (Wildman–Crippen LogP) is 6.45. The van der Waals surface area contributed by atoms with Gasteiger partial charge in [0.15, 0.2) is 5.78 Å². The van der Waals surface area contributed by atoms with Crippen molar-refractivity contribution in [2.75, 3.05) is 0 Å². The number of hydrogen-bond acceptors (Lipinski definition) is 5. The molecule has 1 radical (unpaired) electrons. The Balaban J connectivity index is 0.00000405. The summed E-state index contributed by atoms with van der Waals surface area (Å²) < 4.78 is 5.91. The zero-order valence-electron chi connectivity index (χ0n) is 27.1. The molecule has 0 aromatic carbocycles. The Morgan fingerprint density at radius 3 is 2.14 bits per heavy atom. The van der Waals surface area contributed by atoms with Crippen LogP contribution in [0.4, 0.5) is 0 Å². The average Bonchev–Trinajstić information content (AvgIpc) is 2.86. The summed E-state index contributed by atoms with van der Waals surface area (Å²) in [4.78, 5) is 50.3. The van der Waals surface area contributed by atoms with Crippen LogP contribution in [0.5, 0.6) is 0 Å². The number of carboxylic acid groups (broad SMARTS) is 2. The second kappa shape index (κ2) is 10.7. The van der Waals surface area contributed by atoms with Crippen molar-refractivity contribution in [3.05, 3.63) is 11.6 Å². The Morgan fingerprint density at radius 2 is 1.52 bits per heavy atom. The number of ketones is 1. The van der Waals surface area contributed by atoms with E-state index in [1.54, 1.807) is 0 Å². The summed E-state index contributed by atoms with van der Waals surface area (Å²) in [5.41, 5.74) is -0.553. The van der Waals surface area contributed by atoms with E-state index in [4.69, 9.17) is 9.84 Å². The molecule has 2 N–H and O–H groups in total. The van der Waals surface area contributed by atoms with Crippen molar-refractivity contribution in [2.45, 2.75) is 125 Å². The van der Waals surface area contributed by atoms with Gasteiger partial charge in [-0.1, -0.05) is 47.1 Å². The van der Waals surface area contributed by atoms with Gasteiger partial charge in [-0.15, -0.1) is 0 Å². The molecular formula is C34H50NaO7. The molecule has 0 heterocycles. The van der Waals surface area contributed by atoms with Crippen LogP contribution in [0, 0.1) is 50.2 Å². The molecule has 0 spiro atoms. The maximum Gasteiger partial charge on any atom is 0.309 e. The average molecular weight is 594 g/mol. The van der Waals surface area contributed by atoms with Crippen molar-refractivity contribution < 1.29 is 34.1 Å². The van der Waals surface area contributed by atoms with Crippen molar-refractivity contribution in [2.24, 2.45) is 50.2 Å². The van der Waals surface area contributed by atoms with E-state index in [1.165, 1.54) is 5.57 Å². The molecule has 5 rings (SSSR count). The van der Waals surface area contributed by atoms with Crippen LogP contribution >= 0.6 is 0 Å². The second-order valence-corrected chi connectivity index (χ2v) is 16.3. The number of fused-ring (bicyclic) bond motifs is 7. The van der Waals surface area contributed by atoms with Gasteiger partial charge in [-0.3, -0.25) is 19.2 Å². The minimum atomic E-state index is -1.01. The molecule has 8 heteroatoms. The second-order valence-electron chi connectivity index (χ2n) is 16.3. The summed E-state index contributed by atoms with van der Waals surface area (Å²) in [7, 11) is 0. The first-order chi connectivity index (χ1) is 18.8. The van der Waals surface area contributed by atoms with Crippen molar-refractivity contribution in [3.8, 4) is 0 Å². The van der Waals surface area contributed by atoms with Crippen LogP contribution in [-0.2, 0) is 23.9 Å². The molecule has 42 heavy (non-hydrogen) atoms. The summed E-state index contributed by atoms with van der Waals surface area (Å²) >= 11 is 0. The largest absolute Gasteiger partial charge is 0.481 e. The minimum Gasteiger partial charge on any atom is -0.481 e. The molecule has 0 unspecified atom stereocenters. The molecule has 0 saturated heterocycles. The first kappa shape index (κ1) is 33.7. The zero-order chi connectivity index (χ0) is 30.4. The summed E-state index contributed by atoms with van der Waals surface area (Å²) in [5.74, 6) is -1.87. The number of carbonyl (C=O) groups is 4. The summed E-state index contributed by atoms with van der Waals surface area (Å²) in [6, 6.07) is 0. The van der Waals surface area contributed by atoms with Crippen LogP contribution in [-0.4, -0.2) is 69.6 Å². The van der Waals surface area contributed by atoms with Crippen LogP contribution in [0.2, 0.25) is 0 Å². The number of esters is 1. The first-order valence-electron chi connectivity index (χ1n) is 15.7. The number of hydrogen-bond donors (Lipinski definition) is 2. The fourth-order valence-electron chi connectivity index (χ4n) is 11.0. The first-order valence-corrected chi connectivity index (χ1v) is 15.7. The van der Waals surface area contributed by atoms with E-state index in [-0.39, 0.29) is 99.1 Å². The molecule has 0 aromatic rings. The van der Waals surface area contributed by atoms with Gasteiger partial charge >= 0.3 is 17.9 Å². The maximum absolute atomic E-state index is 14.5. The van der Waals surface area contributed by atoms with Crippen LogP contribution in [0.15, 0.2) is 11.6 Å². The number of allylic oxidation sites excluding steroid dienone is 2. The van der Waals surface area contributed by atoms with Crippen molar-refractivity contribution in [3.63, 3.8) is 0 Å². The fourth-order valence-corrected chi connectivity index (χ4v) is 11.0. The molecule has 0 bridgehead atoms. The molecular weight excluding hydrogens is 543 g/mol. The summed E-state index contributed by atoms with van der Waals surface area (Å²) in [6.07, 6.45) is 8.80. The van der Waals surface area contributed by atoms with Gasteiger partial charge in [0.1, 0.15) is 6.10 Å².